The van der Waals surface area contributed by atoms with Gasteiger partial charge in [-0.15, -0.1) is 11.6 Å². The van der Waals surface area contributed by atoms with Gasteiger partial charge < -0.3 is 5.11 Å². The summed E-state index contributed by atoms with van der Waals surface area (Å²) in [7, 11) is 0. The lowest BCUT2D eigenvalue weighted by molar-refractivity contribution is 0.102. The van der Waals surface area contributed by atoms with Crippen molar-refractivity contribution >= 4 is 11.6 Å². The Hall–Kier alpha value is -0.190. The van der Waals surface area contributed by atoms with E-state index in [1.54, 1.807) is 6.92 Å². The summed E-state index contributed by atoms with van der Waals surface area (Å²) < 4.78 is 0. The highest BCUT2D eigenvalue weighted by Crippen LogP contribution is 2.25. The summed E-state index contributed by atoms with van der Waals surface area (Å²) in [6.45, 7) is 11.5. The highest BCUT2D eigenvalue weighted by molar-refractivity contribution is 6.23. The van der Waals surface area contributed by atoms with Crippen molar-refractivity contribution in [2.75, 3.05) is 0 Å². The van der Waals surface area contributed by atoms with E-state index in [1.165, 1.54) is 0 Å². The van der Waals surface area contributed by atoms with E-state index in [4.69, 9.17) is 11.6 Å². The zero-order valence-corrected chi connectivity index (χ0v) is 10.8. The Morgan fingerprint density at radius 2 is 1.43 bits per heavy atom. The SMILES string of the molecule is CC(C)(C)C#CC(C)(O)CC(C)(C)Cl. The Kier molecular flexibility index (Phi) is 4.07. The fraction of sp³-hybridized carbons (Fsp3) is 0.833. The second-order valence-corrected chi connectivity index (χ2v) is 6.69. The number of aliphatic hydroxyl groups is 1. The molecular formula is C12H21ClO. The van der Waals surface area contributed by atoms with E-state index in [1.807, 2.05) is 34.6 Å². The molecule has 0 aromatic heterocycles. The van der Waals surface area contributed by atoms with Crippen LogP contribution in [0.5, 0.6) is 0 Å². The summed E-state index contributed by atoms with van der Waals surface area (Å²) >= 11 is 6.04. The van der Waals surface area contributed by atoms with Gasteiger partial charge in [-0.2, -0.15) is 0 Å². The molecule has 0 radical (unpaired) electrons. The smallest absolute Gasteiger partial charge is 0.124 e. The Morgan fingerprint density at radius 3 is 1.71 bits per heavy atom. The summed E-state index contributed by atoms with van der Waals surface area (Å²) in [6, 6.07) is 0. The predicted octanol–water partition coefficient (Wildman–Crippen LogP) is 3.19. The molecular weight excluding hydrogens is 196 g/mol. The van der Waals surface area contributed by atoms with Crippen LogP contribution in [0.4, 0.5) is 0 Å². The van der Waals surface area contributed by atoms with Gasteiger partial charge in [0.25, 0.3) is 0 Å². The van der Waals surface area contributed by atoms with E-state index in [-0.39, 0.29) is 5.41 Å². The van der Waals surface area contributed by atoms with Gasteiger partial charge >= 0.3 is 0 Å². The Bertz CT molecular complexity index is 242. The Morgan fingerprint density at radius 1 is 1.00 bits per heavy atom. The first-order chi connectivity index (χ1) is 5.91. The van der Waals surface area contributed by atoms with Crippen LogP contribution in [0.15, 0.2) is 0 Å². The predicted molar refractivity (Wildman–Crippen MR) is 62.4 cm³/mol. The van der Waals surface area contributed by atoms with Gasteiger partial charge in [0.1, 0.15) is 5.60 Å². The van der Waals surface area contributed by atoms with E-state index in [0.717, 1.165) is 0 Å². The highest BCUT2D eigenvalue weighted by Gasteiger charge is 2.27. The third-order valence-corrected chi connectivity index (χ3v) is 1.61. The van der Waals surface area contributed by atoms with Crippen LogP contribution in [0.3, 0.4) is 0 Å². The monoisotopic (exact) mass is 216 g/mol. The van der Waals surface area contributed by atoms with Crippen molar-refractivity contribution in [1.82, 2.24) is 0 Å². The summed E-state index contributed by atoms with van der Waals surface area (Å²) in [5.74, 6) is 5.90. The first kappa shape index (κ1) is 13.8. The second kappa shape index (κ2) is 4.13. The molecule has 1 unspecified atom stereocenters. The zero-order chi connectivity index (χ0) is 11.6. The van der Waals surface area contributed by atoms with E-state index in [2.05, 4.69) is 11.8 Å². The largest absolute Gasteiger partial charge is 0.378 e. The van der Waals surface area contributed by atoms with Crippen molar-refractivity contribution in [3.8, 4) is 11.8 Å². The molecule has 0 bridgehead atoms. The normalized spacial score (nSPS) is 16.9. The zero-order valence-electron chi connectivity index (χ0n) is 10.0. The van der Waals surface area contributed by atoms with Crippen molar-refractivity contribution in [1.29, 1.82) is 0 Å². The third-order valence-electron chi connectivity index (χ3n) is 1.47. The molecule has 1 nitrogen and oxygen atoms in total. The van der Waals surface area contributed by atoms with Crippen LogP contribution in [0, 0.1) is 17.3 Å². The standard InChI is InChI=1S/C12H21ClO/c1-10(2,3)7-8-12(6,14)9-11(4,5)13/h14H,9H2,1-6H3. The molecule has 0 fully saturated rings. The number of rotatable bonds is 2. The van der Waals surface area contributed by atoms with E-state index >= 15 is 0 Å². The number of hydrogen-bond donors (Lipinski definition) is 1. The van der Waals surface area contributed by atoms with Crippen molar-refractivity contribution in [3.05, 3.63) is 0 Å². The van der Waals surface area contributed by atoms with Crippen molar-refractivity contribution < 1.29 is 5.11 Å². The maximum Gasteiger partial charge on any atom is 0.124 e. The number of hydrogen-bond acceptors (Lipinski definition) is 1. The number of halogens is 1. The first-order valence-electron chi connectivity index (χ1n) is 4.87. The molecule has 0 spiro atoms. The topological polar surface area (TPSA) is 20.2 Å². The molecule has 0 saturated heterocycles. The van der Waals surface area contributed by atoms with Crippen LogP contribution < -0.4 is 0 Å². The average molecular weight is 217 g/mol. The van der Waals surface area contributed by atoms with Gasteiger partial charge in [-0.25, -0.2) is 0 Å². The lowest BCUT2D eigenvalue weighted by atomic mass is 9.91. The lowest BCUT2D eigenvalue weighted by Gasteiger charge is -2.25. The van der Waals surface area contributed by atoms with Gasteiger partial charge in [0.15, 0.2) is 0 Å². The van der Waals surface area contributed by atoms with Crippen molar-refractivity contribution in [3.63, 3.8) is 0 Å². The summed E-state index contributed by atoms with van der Waals surface area (Å²) in [5, 5.41) is 9.96. The molecule has 0 heterocycles. The molecule has 1 N–H and O–H groups in total. The van der Waals surface area contributed by atoms with Crippen LogP contribution in [0.25, 0.3) is 0 Å². The average Bonchev–Trinajstić information content (AvgIpc) is 1.76. The van der Waals surface area contributed by atoms with E-state index in [9.17, 15) is 5.11 Å². The molecule has 0 amide bonds. The fourth-order valence-electron chi connectivity index (χ4n) is 1.18. The minimum absolute atomic E-state index is 0.0829. The maximum atomic E-state index is 9.96. The van der Waals surface area contributed by atoms with Gasteiger partial charge in [0.05, 0.1) is 0 Å². The molecule has 0 aliphatic carbocycles. The second-order valence-electron chi connectivity index (χ2n) is 5.67. The maximum absolute atomic E-state index is 9.96. The van der Waals surface area contributed by atoms with E-state index < -0.39 is 10.5 Å². The molecule has 0 aliphatic rings. The van der Waals surface area contributed by atoms with Gasteiger partial charge in [-0.1, -0.05) is 11.8 Å². The first-order valence-corrected chi connectivity index (χ1v) is 5.25. The van der Waals surface area contributed by atoms with Crippen LogP contribution in [0.2, 0.25) is 0 Å². The molecule has 0 rings (SSSR count). The van der Waals surface area contributed by atoms with Crippen LogP contribution in [-0.2, 0) is 0 Å². The van der Waals surface area contributed by atoms with Gasteiger partial charge in [-0.05, 0) is 41.5 Å². The molecule has 0 aliphatic heterocycles. The van der Waals surface area contributed by atoms with Crippen molar-refractivity contribution in [2.24, 2.45) is 5.41 Å². The van der Waals surface area contributed by atoms with Crippen LogP contribution >= 0.6 is 11.6 Å². The van der Waals surface area contributed by atoms with Crippen LogP contribution in [-0.4, -0.2) is 15.6 Å². The Labute approximate surface area is 92.9 Å². The molecule has 14 heavy (non-hydrogen) atoms. The molecule has 82 valence electrons. The van der Waals surface area contributed by atoms with E-state index in [0.29, 0.717) is 6.42 Å². The minimum atomic E-state index is -1.00. The minimum Gasteiger partial charge on any atom is -0.378 e. The molecule has 0 saturated carbocycles. The van der Waals surface area contributed by atoms with Gasteiger partial charge in [-0.3, -0.25) is 0 Å². The number of alkyl halides is 1. The lowest BCUT2D eigenvalue weighted by Crippen LogP contribution is -2.31. The van der Waals surface area contributed by atoms with Crippen molar-refractivity contribution in [2.45, 2.75) is 58.4 Å². The summed E-state index contributed by atoms with van der Waals surface area (Å²) in [4.78, 5) is -0.421. The van der Waals surface area contributed by atoms with Crippen LogP contribution in [0.1, 0.15) is 48.0 Å². The molecule has 1 atom stereocenters. The quantitative estimate of drug-likeness (QED) is 0.555. The summed E-state index contributed by atoms with van der Waals surface area (Å²) in [6.07, 6.45) is 0.463. The Balaban J connectivity index is 4.55. The third kappa shape index (κ3) is 8.41. The van der Waals surface area contributed by atoms with Gasteiger partial charge in [0.2, 0.25) is 0 Å². The molecule has 2 heteroatoms. The molecule has 0 aromatic rings. The fourth-order valence-corrected chi connectivity index (χ4v) is 1.45. The molecule has 0 aromatic carbocycles. The highest BCUT2D eigenvalue weighted by atomic mass is 35.5. The van der Waals surface area contributed by atoms with Gasteiger partial charge in [0, 0.05) is 16.7 Å². The summed E-state index contributed by atoms with van der Waals surface area (Å²) in [5.41, 5.74) is -1.08.